The quantitative estimate of drug-likeness (QED) is 0.291. The second-order valence-corrected chi connectivity index (χ2v) is 6.07. The van der Waals surface area contributed by atoms with Gasteiger partial charge >= 0.3 is 12.1 Å². The lowest BCUT2D eigenvalue weighted by atomic mass is 9.92. The third-order valence-electron chi connectivity index (χ3n) is 4.14. The Morgan fingerprint density at radius 3 is 2.48 bits per heavy atom. The molecule has 0 saturated heterocycles. The van der Waals surface area contributed by atoms with Crippen molar-refractivity contribution in [2.24, 2.45) is 4.99 Å². The fourth-order valence-electron chi connectivity index (χ4n) is 2.54. The summed E-state index contributed by atoms with van der Waals surface area (Å²) in [6, 6.07) is 5.83. The van der Waals surface area contributed by atoms with Crippen LogP contribution >= 0.6 is 0 Å². The number of aliphatic imine (C=N–C) groups is 1. The number of rotatable bonds is 7. The molecule has 0 amide bonds. The number of carbonyl (C=O) groups is 1. The van der Waals surface area contributed by atoms with Crippen LogP contribution < -0.4 is 4.74 Å². The standard InChI is InChI=1S/C19H17F3N2O7/c1-3-31-17(26)18(27,19(20,21)22)12-4-6-14(16(9-12)30-2)23-10-11-8-13(24(28)29)5-7-15(11)25/h4-10,25,27H,3H2,1-2H3/t18-/m1/s1. The number of methoxy groups -OCH3 is 1. The van der Waals surface area contributed by atoms with Gasteiger partial charge in [0.2, 0.25) is 0 Å². The Morgan fingerprint density at radius 2 is 1.94 bits per heavy atom. The first-order chi connectivity index (χ1) is 14.4. The van der Waals surface area contributed by atoms with Gasteiger partial charge in [-0.3, -0.25) is 15.1 Å². The zero-order valence-corrected chi connectivity index (χ0v) is 16.2. The molecule has 0 heterocycles. The smallest absolute Gasteiger partial charge is 0.432 e. The highest BCUT2D eigenvalue weighted by Crippen LogP contribution is 2.42. The van der Waals surface area contributed by atoms with Crippen molar-refractivity contribution in [3.63, 3.8) is 0 Å². The minimum Gasteiger partial charge on any atom is -0.507 e. The van der Waals surface area contributed by atoms with Crippen LogP contribution in [0, 0.1) is 10.1 Å². The van der Waals surface area contributed by atoms with E-state index in [4.69, 9.17) is 4.74 Å². The summed E-state index contributed by atoms with van der Waals surface area (Å²) in [6.07, 6.45) is -4.34. The third-order valence-corrected chi connectivity index (χ3v) is 4.14. The number of esters is 1. The van der Waals surface area contributed by atoms with Crippen molar-refractivity contribution < 1.29 is 42.6 Å². The van der Waals surface area contributed by atoms with Gasteiger partial charge in [0, 0.05) is 29.5 Å². The maximum absolute atomic E-state index is 13.5. The summed E-state index contributed by atoms with van der Waals surface area (Å²) in [4.78, 5) is 26.0. The molecule has 2 rings (SSSR count). The number of non-ortho nitro benzene ring substituents is 1. The summed E-state index contributed by atoms with van der Waals surface area (Å²) in [5, 5.41) is 30.8. The molecule has 0 saturated carbocycles. The Bertz CT molecular complexity index is 1020. The van der Waals surface area contributed by atoms with Crippen LogP contribution in [0.15, 0.2) is 41.4 Å². The number of aliphatic hydroxyl groups is 1. The molecule has 31 heavy (non-hydrogen) atoms. The molecular formula is C19H17F3N2O7. The molecule has 166 valence electrons. The number of halogens is 3. The summed E-state index contributed by atoms with van der Waals surface area (Å²) in [5.74, 6) is -2.47. The average molecular weight is 442 g/mol. The molecule has 9 nitrogen and oxygen atoms in total. The van der Waals surface area contributed by atoms with Crippen molar-refractivity contribution in [2.75, 3.05) is 13.7 Å². The molecule has 2 N–H and O–H groups in total. The van der Waals surface area contributed by atoms with Gasteiger partial charge < -0.3 is 19.7 Å². The summed E-state index contributed by atoms with van der Waals surface area (Å²) < 4.78 is 49.9. The molecule has 0 fully saturated rings. The molecule has 0 aliphatic rings. The summed E-state index contributed by atoms with van der Waals surface area (Å²) in [7, 11) is 1.12. The number of ether oxygens (including phenoxy) is 2. The second kappa shape index (κ2) is 9.00. The molecule has 2 aromatic rings. The van der Waals surface area contributed by atoms with Crippen molar-refractivity contribution in [1.29, 1.82) is 0 Å². The van der Waals surface area contributed by atoms with E-state index in [1.807, 2.05) is 0 Å². The Balaban J connectivity index is 2.50. The van der Waals surface area contributed by atoms with Crippen LogP contribution in [0.25, 0.3) is 0 Å². The summed E-state index contributed by atoms with van der Waals surface area (Å²) in [6.45, 7) is 0.903. The number of benzene rings is 2. The van der Waals surface area contributed by atoms with Crippen molar-refractivity contribution in [2.45, 2.75) is 18.7 Å². The van der Waals surface area contributed by atoms with E-state index >= 15 is 0 Å². The molecule has 2 aromatic carbocycles. The van der Waals surface area contributed by atoms with Gasteiger partial charge in [0.1, 0.15) is 17.2 Å². The topological polar surface area (TPSA) is 131 Å². The first-order valence-electron chi connectivity index (χ1n) is 8.62. The zero-order chi connectivity index (χ0) is 23.4. The van der Waals surface area contributed by atoms with Gasteiger partial charge in [-0.25, -0.2) is 4.79 Å². The molecule has 0 aliphatic carbocycles. The predicted octanol–water partition coefficient (Wildman–Crippen LogP) is 3.37. The number of alkyl halides is 3. The number of hydrogen-bond donors (Lipinski definition) is 2. The summed E-state index contributed by atoms with van der Waals surface area (Å²) >= 11 is 0. The van der Waals surface area contributed by atoms with Crippen molar-refractivity contribution in [1.82, 2.24) is 0 Å². The Hall–Kier alpha value is -3.67. The van der Waals surface area contributed by atoms with Crippen LogP contribution in [0.1, 0.15) is 18.1 Å². The van der Waals surface area contributed by atoms with E-state index in [-0.39, 0.29) is 35.0 Å². The van der Waals surface area contributed by atoms with Crippen LogP contribution in [0.4, 0.5) is 24.5 Å². The maximum atomic E-state index is 13.5. The first-order valence-corrected chi connectivity index (χ1v) is 8.62. The van der Waals surface area contributed by atoms with Crippen LogP contribution in [0.2, 0.25) is 0 Å². The molecule has 12 heteroatoms. The summed E-state index contributed by atoms with van der Waals surface area (Å²) in [5.41, 5.74) is -5.17. The SMILES string of the molecule is CCOC(=O)[C@](O)(c1ccc(N=Cc2cc([N+](=O)[O-])ccc2O)c(OC)c1)C(F)(F)F. The van der Waals surface area contributed by atoms with E-state index in [2.05, 4.69) is 9.73 Å². The van der Waals surface area contributed by atoms with Gasteiger partial charge in [-0.05, 0) is 25.1 Å². The van der Waals surface area contributed by atoms with Crippen molar-refractivity contribution in [3.05, 3.63) is 57.6 Å². The number of nitro groups is 1. The first kappa shape index (κ1) is 23.6. The predicted molar refractivity (Wildman–Crippen MR) is 102 cm³/mol. The minimum absolute atomic E-state index is 0.0290. The fourth-order valence-corrected chi connectivity index (χ4v) is 2.54. The van der Waals surface area contributed by atoms with E-state index in [1.165, 1.54) is 6.92 Å². The highest BCUT2D eigenvalue weighted by Gasteiger charge is 2.62. The molecular weight excluding hydrogens is 425 g/mol. The highest BCUT2D eigenvalue weighted by atomic mass is 19.4. The second-order valence-electron chi connectivity index (χ2n) is 6.07. The van der Waals surface area contributed by atoms with Crippen LogP contribution in [0.3, 0.4) is 0 Å². The Kier molecular flexibility index (Phi) is 6.85. The van der Waals surface area contributed by atoms with Crippen LogP contribution in [-0.2, 0) is 15.1 Å². The number of carbonyl (C=O) groups excluding carboxylic acids is 1. The van der Waals surface area contributed by atoms with Gasteiger partial charge in [0.05, 0.1) is 18.6 Å². The van der Waals surface area contributed by atoms with Crippen LogP contribution in [-0.4, -0.2) is 47.2 Å². The minimum atomic E-state index is -5.39. The third kappa shape index (κ3) is 4.74. The lowest BCUT2D eigenvalue weighted by Crippen LogP contribution is -2.50. The molecule has 0 radical (unpaired) electrons. The molecule has 0 aromatic heterocycles. The van der Waals surface area contributed by atoms with Gasteiger partial charge in [-0.15, -0.1) is 0 Å². The molecule has 0 spiro atoms. The highest BCUT2D eigenvalue weighted by molar-refractivity contribution is 5.87. The van der Waals surface area contributed by atoms with E-state index in [0.717, 1.165) is 49.7 Å². The molecule has 1 atom stereocenters. The number of phenolic OH excluding ortho intramolecular Hbond substituents is 1. The fraction of sp³-hybridized carbons (Fsp3) is 0.263. The number of phenols is 1. The zero-order valence-electron chi connectivity index (χ0n) is 16.2. The molecule has 0 unspecified atom stereocenters. The normalized spacial score (nSPS) is 13.6. The number of hydrogen-bond acceptors (Lipinski definition) is 8. The number of nitro benzene ring substituents is 1. The Labute approximate surface area is 173 Å². The van der Waals surface area contributed by atoms with Gasteiger partial charge in [-0.2, -0.15) is 13.2 Å². The largest absolute Gasteiger partial charge is 0.507 e. The Morgan fingerprint density at radius 1 is 1.26 bits per heavy atom. The van der Waals surface area contributed by atoms with E-state index in [0.29, 0.717) is 0 Å². The van der Waals surface area contributed by atoms with Gasteiger partial charge in [0.15, 0.2) is 0 Å². The molecule has 0 aliphatic heterocycles. The lowest BCUT2D eigenvalue weighted by Gasteiger charge is -2.28. The van der Waals surface area contributed by atoms with Crippen molar-refractivity contribution in [3.8, 4) is 11.5 Å². The monoisotopic (exact) mass is 442 g/mol. The van der Waals surface area contributed by atoms with Gasteiger partial charge in [-0.1, -0.05) is 6.07 Å². The molecule has 0 bridgehead atoms. The van der Waals surface area contributed by atoms with E-state index in [9.17, 15) is 38.3 Å². The maximum Gasteiger partial charge on any atom is 0.432 e. The van der Waals surface area contributed by atoms with E-state index < -0.39 is 28.2 Å². The number of nitrogens with zero attached hydrogens (tertiary/aromatic N) is 2. The number of aromatic hydroxyl groups is 1. The average Bonchev–Trinajstić information content (AvgIpc) is 2.71. The lowest BCUT2D eigenvalue weighted by molar-refractivity contribution is -0.384. The van der Waals surface area contributed by atoms with Crippen molar-refractivity contribution >= 4 is 23.6 Å². The van der Waals surface area contributed by atoms with E-state index in [1.54, 1.807) is 0 Å². The van der Waals surface area contributed by atoms with Gasteiger partial charge in [0.25, 0.3) is 11.3 Å². The van der Waals surface area contributed by atoms with Crippen LogP contribution in [0.5, 0.6) is 11.5 Å².